The number of aryl methyl sites for hydroxylation is 1. The number of carbonyl (C=O) groups excluding carboxylic acids is 1. The first-order valence-electron chi connectivity index (χ1n) is 8.93. The van der Waals surface area contributed by atoms with Gasteiger partial charge in [-0.2, -0.15) is 0 Å². The zero-order valence-electron chi connectivity index (χ0n) is 14.5. The lowest BCUT2D eigenvalue weighted by atomic mass is 10.1. The van der Waals surface area contributed by atoms with E-state index in [2.05, 4.69) is 15.2 Å². The van der Waals surface area contributed by atoms with Gasteiger partial charge in [0.1, 0.15) is 5.82 Å². The van der Waals surface area contributed by atoms with Gasteiger partial charge in [0.25, 0.3) is 5.91 Å². The van der Waals surface area contributed by atoms with Crippen molar-refractivity contribution in [1.82, 2.24) is 20.1 Å². The molecule has 1 atom stereocenters. The maximum atomic E-state index is 13.4. The average Bonchev–Trinajstić information content (AvgIpc) is 3.11. The predicted octanol–water partition coefficient (Wildman–Crippen LogP) is 1.80. The average molecular weight is 342 g/mol. The molecule has 5 nitrogen and oxygen atoms in total. The van der Waals surface area contributed by atoms with Gasteiger partial charge in [-0.25, -0.2) is 4.39 Å². The number of benzene rings is 1. The van der Waals surface area contributed by atoms with E-state index in [1.54, 1.807) is 6.07 Å². The maximum absolute atomic E-state index is 13.4. The van der Waals surface area contributed by atoms with E-state index in [0.29, 0.717) is 22.8 Å². The fraction of sp³-hybridized carbons (Fsp3) is 0.474. The smallest absolute Gasteiger partial charge is 0.255 e. The summed E-state index contributed by atoms with van der Waals surface area (Å²) < 4.78 is 13.4. The molecule has 3 heterocycles. The summed E-state index contributed by atoms with van der Waals surface area (Å²) in [7, 11) is 0. The van der Waals surface area contributed by atoms with Crippen LogP contribution in [0.4, 0.5) is 4.39 Å². The van der Waals surface area contributed by atoms with E-state index in [4.69, 9.17) is 0 Å². The highest BCUT2D eigenvalue weighted by Crippen LogP contribution is 2.22. The number of halogens is 1. The number of rotatable bonds is 2. The molecular formula is C19H23FN4O. The normalized spacial score (nSPS) is 21.8. The minimum atomic E-state index is -0.308. The van der Waals surface area contributed by atoms with Crippen molar-refractivity contribution in [3.05, 3.63) is 41.3 Å². The Morgan fingerprint density at radius 1 is 1.24 bits per heavy atom. The summed E-state index contributed by atoms with van der Waals surface area (Å²) in [4.78, 5) is 21.8. The number of piperazine rings is 1. The first-order valence-corrected chi connectivity index (χ1v) is 8.93. The van der Waals surface area contributed by atoms with E-state index in [1.165, 1.54) is 12.1 Å². The van der Waals surface area contributed by atoms with Gasteiger partial charge < -0.3 is 10.2 Å². The zero-order chi connectivity index (χ0) is 17.4. The summed E-state index contributed by atoms with van der Waals surface area (Å²) in [6.45, 7) is 7.53. The van der Waals surface area contributed by atoms with Crippen LogP contribution in [-0.4, -0.2) is 66.0 Å². The van der Waals surface area contributed by atoms with Gasteiger partial charge in [0, 0.05) is 56.8 Å². The Morgan fingerprint density at radius 2 is 2.04 bits per heavy atom. The Bertz CT molecular complexity index is 803. The lowest BCUT2D eigenvalue weighted by Gasteiger charge is -2.32. The first-order chi connectivity index (χ1) is 12.1. The van der Waals surface area contributed by atoms with E-state index in [9.17, 15) is 9.18 Å². The number of hydrogen-bond acceptors (Lipinski definition) is 4. The van der Waals surface area contributed by atoms with Gasteiger partial charge >= 0.3 is 0 Å². The molecule has 2 aromatic rings. The molecule has 25 heavy (non-hydrogen) atoms. The summed E-state index contributed by atoms with van der Waals surface area (Å²) in [5, 5.41) is 4.17. The number of nitrogens with zero attached hydrogens (tertiary/aromatic N) is 3. The van der Waals surface area contributed by atoms with Crippen LogP contribution in [0.25, 0.3) is 10.9 Å². The van der Waals surface area contributed by atoms with E-state index in [0.717, 1.165) is 51.1 Å². The van der Waals surface area contributed by atoms with Crippen LogP contribution in [0.5, 0.6) is 0 Å². The molecule has 1 unspecified atom stereocenters. The Labute approximate surface area is 146 Å². The fourth-order valence-corrected chi connectivity index (χ4v) is 3.89. The van der Waals surface area contributed by atoms with Gasteiger partial charge in [-0.1, -0.05) is 0 Å². The van der Waals surface area contributed by atoms with Gasteiger partial charge in [-0.3, -0.25) is 14.7 Å². The number of amides is 1. The monoisotopic (exact) mass is 342 g/mol. The highest BCUT2D eigenvalue weighted by Gasteiger charge is 2.32. The molecule has 0 saturated carbocycles. The molecule has 2 aliphatic rings. The number of pyridine rings is 1. The number of fused-ring (bicyclic) bond motifs is 1. The second-order valence-electron chi connectivity index (χ2n) is 6.94. The van der Waals surface area contributed by atoms with Crippen molar-refractivity contribution < 1.29 is 9.18 Å². The molecule has 2 saturated heterocycles. The third kappa shape index (κ3) is 3.24. The minimum absolute atomic E-state index is 0.0360. The number of carbonyl (C=O) groups is 1. The molecule has 0 aliphatic carbocycles. The SMILES string of the molecule is Cc1nc2cc(F)ccc2cc1C(=O)N1CCC(N2CCNCC2)C1. The van der Waals surface area contributed by atoms with Crippen LogP contribution in [0.2, 0.25) is 0 Å². The number of aromatic nitrogens is 1. The Kier molecular flexibility index (Phi) is 4.39. The van der Waals surface area contributed by atoms with Crippen LogP contribution in [-0.2, 0) is 0 Å². The lowest BCUT2D eigenvalue weighted by Crippen LogP contribution is -2.49. The van der Waals surface area contributed by atoms with E-state index in [1.807, 2.05) is 17.9 Å². The van der Waals surface area contributed by atoms with Crippen molar-refractivity contribution in [2.24, 2.45) is 0 Å². The highest BCUT2D eigenvalue weighted by molar-refractivity contribution is 5.98. The maximum Gasteiger partial charge on any atom is 0.255 e. The topological polar surface area (TPSA) is 48.5 Å². The molecule has 1 aromatic heterocycles. The van der Waals surface area contributed by atoms with Crippen molar-refractivity contribution >= 4 is 16.8 Å². The van der Waals surface area contributed by atoms with Gasteiger partial charge in [-0.15, -0.1) is 0 Å². The van der Waals surface area contributed by atoms with Crippen molar-refractivity contribution in [1.29, 1.82) is 0 Å². The highest BCUT2D eigenvalue weighted by atomic mass is 19.1. The van der Waals surface area contributed by atoms with E-state index in [-0.39, 0.29) is 11.7 Å². The van der Waals surface area contributed by atoms with Gasteiger partial charge in [0.2, 0.25) is 0 Å². The summed E-state index contributed by atoms with van der Waals surface area (Å²) in [5.41, 5.74) is 1.88. The summed E-state index contributed by atoms with van der Waals surface area (Å²) in [5.74, 6) is -0.272. The Morgan fingerprint density at radius 3 is 2.84 bits per heavy atom. The van der Waals surface area contributed by atoms with Crippen molar-refractivity contribution in [3.8, 4) is 0 Å². The molecular weight excluding hydrogens is 319 g/mol. The molecule has 132 valence electrons. The molecule has 1 aromatic carbocycles. The molecule has 2 aliphatic heterocycles. The standard InChI is InChI=1S/C19H23FN4O/c1-13-17(10-14-2-3-15(20)11-18(14)22-13)19(25)24-7-4-16(12-24)23-8-5-21-6-9-23/h2-3,10-11,16,21H,4-9,12H2,1H3. The molecule has 6 heteroatoms. The summed E-state index contributed by atoms with van der Waals surface area (Å²) in [6, 6.07) is 6.80. The molecule has 1 amide bonds. The largest absolute Gasteiger partial charge is 0.337 e. The number of nitrogens with one attached hydrogen (secondary N) is 1. The van der Waals surface area contributed by atoms with Crippen LogP contribution < -0.4 is 5.32 Å². The van der Waals surface area contributed by atoms with Crippen molar-refractivity contribution in [2.75, 3.05) is 39.3 Å². The van der Waals surface area contributed by atoms with Crippen LogP contribution in [0.3, 0.4) is 0 Å². The van der Waals surface area contributed by atoms with Crippen LogP contribution in [0, 0.1) is 12.7 Å². The summed E-state index contributed by atoms with van der Waals surface area (Å²) in [6.07, 6.45) is 1.02. The molecule has 4 rings (SSSR count). The second-order valence-corrected chi connectivity index (χ2v) is 6.94. The Hall–Kier alpha value is -2.05. The molecule has 0 spiro atoms. The summed E-state index contributed by atoms with van der Waals surface area (Å²) >= 11 is 0. The third-order valence-electron chi connectivity index (χ3n) is 5.32. The predicted molar refractivity (Wildman–Crippen MR) is 95.2 cm³/mol. The van der Waals surface area contributed by atoms with Crippen molar-refractivity contribution in [2.45, 2.75) is 19.4 Å². The molecule has 1 N–H and O–H groups in total. The van der Waals surface area contributed by atoms with Gasteiger partial charge in [0.05, 0.1) is 16.8 Å². The fourth-order valence-electron chi connectivity index (χ4n) is 3.89. The third-order valence-corrected chi connectivity index (χ3v) is 5.32. The van der Waals surface area contributed by atoms with Crippen LogP contribution >= 0.6 is 0 Å². The van der Waals surface area contributed by atoms with Crippen LogP contribution in [0.1, 0.15) is 22.5 Å². The number of hydrogen-bond donors (Lipinski definition) is 1. The van der Waals surface area contributed by atoms with E-state index >= 15 is 0 Å². The minimum Gasteiger partial charge on any atom is -0.337 e. The second kappa shape index (κ2) is 6.69. The lowest BCUT2D eigenvalue weighted by molar-refractivity contribution is 0.0772. The van der Waals surface area contributed by atoms with Crippen molar-refractivity contribution in [3.63, 3.8) is 0 Å². The number of likely N-dealkylation sites (tertiary alicyclic amines) is 1. The van der Waals surface area contributed by atoms with Crippen LogP contribution in [0.15, 0.2) is 24.3 Å². The van der Waals surface area contributed by atoms with E-state index < -0.39 is 0 Å². The quantitative estimate of drug-likeness (QED) is 0.904. The molecule has 0 bridgehead atoms. The zero-order valence-corrected chi connectivity index (χ0v) is 14.5. The Balaban J connectivity index is 1.53. The first kappa shape index (κ1) is 16.4. The molecule has 2 fully saturated rings. The van der Waals surface area contributed by atoms with Gasteiger partial charge in [-0.05, 0) is 31.5 Å². The van der Waals surface area contributed by atoms with Gasteiger partial charge in [0.15, 0.2) is 0 Å². The molecule has 0 radical (unpaired) electrons.